The summed E-state index contributed by atoms with van der Waals surface area (Å²) in [6.07, 6.45) is 2.00. The van der Waals surface area contributed by atoms with Gasteiger partial charge in [-0.05, 0) is 45.8 Å². The second kappa shape index (κ2) is 7.00. The smallest absolute Gasteiger partial charge is 0.196 e. The van der Waals surface area contributed by atoms with Gasteiger partial charge in [0.25, 0.3) is 0 Å². The molecule has 0 aromatic heterocycles. The summed E-state index contributed by atoms with van der Waals surface area (Å²) in [4.78, 5) is 0. The first-order valence-corrected chi connectivity index (χ1v) is 9.95. The fourth-order valence-electron chi connectivity index (χ4n) is 3.78. The van der Waals surface area contributed by atoms with E-state index in [-0.39, 0.29) is 12.3 Å². The predicted octanol–water partition coefficient (Wildman–Crippen LogP) is 5.45. The highest BCUT2D eigenvalue weighted by atomic mass is 79.9. The minimum Gasteiger partial charge on any atom is -0.496 e. The van der Waals surface area contributed by atoms with E-state index in [1.54, 1.807) is 7.11 Å². The van der Waals surface area contributed by atoms with Gasteiger partial charge in [-0.2, -0.15) is 5.01 Å². The van der Waals surface area contributed by atoms with E-state index in [0.29, 0.717) is 0 Å². The third-order valence-electron chi connectivity index (χ3n) is 5.15. The maximum atomic E-state index is 6.41. The van der Waals surface area contributed by atoms with Crippen molar-refractivity contribution in [2.24, 2.45) is 0 Å². The minimum absolute atomic E-state index is 0.0889. The summed E-state index contributed by atoms with van der Waals surface area (Å²) in [5.74, 6) is 1.71. The molecule has 0 fully saturated rings. The normalized spacial score (nSPS) is 20.4. The van der Waals surface area contributed by atoms with Crippen molar-refractivity contribution in [1.82, 2.24) is 10.4 Å². The monoisotopic (exact) mass is 434 g/mol. The van der Waals surface area contributed by atoms with Crippen LogP contribution in [0, 0.1) is 0 Å². The van der Waals surface area contributed by atoms with Crippen LogP contribution in [-0.4, -0.2) is 12.1 Å². The third-order valence-corrected chi connectivity index (χ3v) is 5.77. The maximum Gasteiger partial charge on any atom is 0.196 e. The van der Waals surface area contributed by atoms with Crippen LogP contribution in [0.3, 0.4) is 0 Å². The number of nitrogens with one attached hydrogen (secondary N) is 1. The van der Waals surface area contributed by atoms with Crippen molar-refractivity contribution in [3.8, 4) is 11.5 Å². The lowest BCUT2D eigenvalue weighted by molar-refractivity contribution is -0.0327. The van der Waals surface area contributed by atoms with Crippen LogP contribution in [0.1, 0.15) is 29.0 Å². The number of halogens is 1. The highest BCUT2D eigenvalue weighted by molar-refractivity contribution is 9.10. The minimum atomic E-state index is -0.264. The van der Waals surface area contributed by atoms with Crippen LogP contribution >= 0.6 is 15.9 Å². The van der Waals surface area contributed by atoms with E-state index in [4.69, 9.17) is 9.47 Å². The number of para-hydroxylation sites is 1. The van der Waals surface area contributed by atoms with Crippen molar-refractivity contribution in [2.45, 2.75) is 12.3 Å². The Balaban J connectivity index is 1.57. The van der Waals surface area contributed by atoms with Gasteiger partial charge in [-0.1, -0.05) is 54.6 Å². The van der Waals surface area contributed by atoms with Crippen LogP contribution in [0.5, 0.6) is 11.5 Å². The molecule has 2 aliphatic rings. The van der Waals surface area contributed by atoms with Gasteiger partial charge in [0.2, 0.25) is 0 Å². The third kappa shape index (κ3) is 2.87. The van der Waals surface area contributed by atoms with Crippen LogP contribution in [0.4, 0.5) is 0 Å². The molecule has 1 N–H and O–H groups in total. The van der Waals surface area contributed by atoms with E-state index in [2.05, 4.69) is 74.9 Å². The van der Waals surface area contributed by atoms with Gasteiger partial charge in [0.05, 0.1) is 23.3 Å². The molecule has 2 aliphatic heterocycles. The molecule has 0 spiro atoms. The van der Waals surface area contributed by atoms with Gasteiger partial charge < -0.3 is 14.9 Å². The summed E-state index contributed by atoms with van der Waals surface area (Å²) in [5, 5.41) is 2.17. The van der Waals surface area contributed by atoms with E-state index >= 15 is 0 Å². The molecule has 0 saturated carbocycles. The van der Waals surface area contributed by atoms with Crippen LogP contribution in [0.15, 0.2) is 83.3 Å². The average Bonchev–Trinajstić information content (AvgIpc) is 3.19. The van der Waals surface area contributed by atoms with Crippen molar-refractivity contribution >= 4 is 21.6 Å². The zero-order valence-corrected chi connectivity index (χ0v) is 16.9. The molecule has 0 radical (unpaired) electrons. The Morgan fingerprint density at radius 1 is 1.00 bits per heavy atom. The van der Waals surface area contributed by atoms with E-state index in [1.807, 2.05) is 30.3 Å². The molecule has 0 bridgehead atoms. The molecular formula is C23H19BrN2O2. The van der Waals surface area contributed by atoms with Crippen LogP contribution in [-0.2, 0) is 0 Å². The topological polar surface area (TPSA) is 33.7 Å². The Labute approximate surface area is 172 Å². The summed E-state index contributed by atoms with van der Waals surface area (Å²) < 4.78 is 12.7. The maximum absolute atomic E-state index is 6.41. The summed E-state index contributed by atoms with van der Waals surface area (Å²) in [6, 6.07) is 24.7. The van der Waals surface area contributed by atoms with Crippen molar-refractivity contribution in [1.29, 1.82) is 0 Å². The number of hydrazine groups is 1. The molecule has 2 heterocycles. The van der Waals surface area contributed by atoms with Gasteiger partial charge in [-0.3, -0.25) is 0 Å². The van der Waals surface area contributed by atoms with Crippen LogP contribution in [0.2, 0.25) is 0 Å². The molecule has 4 nitrogen and oxygen atoms in total. The van der Waals surface area contributed by atoms with Gasteiger partial charge in [-0.15, -0.1) is 0 Å². The zero-order chi connectivity index (χ0) is 19.1. The average molecular weight is 435 g/mol. The molecule has 0 saturated heterocycles. The molecule has 5 rings (SSSR count). The summed E-state index contributed by atoms with van der Waals surface area (Å²) in [6.45, 7) is 0. The number of fused-ring (bicyclic) bond motifs is 3. The van der Waals surface area contributed by atoms with Gasteiger partial charge >= 0.3 is 0 Å². The molecule has 3 aromatic carbocycles. The van der Waals surface area contributed by atoms with Gasteiger partial charge in [0.15, 0.2) is 6.23 Å². The van der Waals surface area contributed by atoms with Crippen molar-refractivity contribution in [3.05, 3.63) is 100 Å². The van der Waals surface area contributed by atoms with Crippen molar-refractivity contribution in [2.75, 3.05) is 7.11 Å². The molecule has 2 atom stereocenters. The van der Waals surface area contributed by atoms with Crippen molar-refractivity contribution < 1.29 is 9.47 Å². The second-order valence-electron chi connectivity index (χ2n) is 6.81. The molecule has 3 aromatic rings. The zero-order valence-electron chi connectivity index (χ0n) is 15.3. The Morgan fingerprint density at radius 2 is 1.79 bits per heavy atom. The molecule has 140 valence electrons. The first-order valence-electron chi connectivity index (χ1n) is 9.16. The lowest BCUT2D eigenvalue weighted by Crippen LogP contribution is -2.43. The SMILES string of the molecule is COc1ccc(C2Oc3ccccc3C3C=C(c4ccccc4)NN32)cc1Br. The van der Waals surface area contributed by atoms with Crippen molar-refractivity contribution in [3.63, 3.8) is 0 Å². The number of ether oxygens (including phenoxy) is 2. The van der Waals surface area contributed by atoms with Gasteiger partial charge in [-0.25, -0.2) is 0 Å². The fourth-order valence-corrected chi connectivity index (χ4v) is 4.34. The quantitative estimate of drug-likeness (QED) is 0.593. The molecule has 28 heavy (non-hydrogen) atoms. The Kier molecular flexibility index (Phi) is 4.34. The number of benzene rings is 3. The predicted molar refractivity (Wildman–Crippen MR) is 113 cm³/mol. The molecule has 2 unspecified atom stereocenters. The highest BCUT2D eigenvalue weighted by Crippen LogP contribution is 2.46. The first kappa shape index (κ1) is 17.3. The number of methoxy groups -OCH3 is 1. The summed E-state index contributed by atoms with van der Waals surface area (Å²) in [7, 11) is 1.67. The van der Waals surface area contributed by atoms with E-state index < -0.39 is 0 Å². The Hall–Kier alpha value is -2.76. The molecular weight excluding hydrogens is 416 g/mol. The first-order chi connectivity index (χ1) is 13.7. The highest BCUT2D eigenvalue weighted by Gasteiger charge is 2.40. The van der Waals surface area contributed by atoms with E-state index in [1.165, 1.54) is 0 Å². The Morgan fingerprint density at radius 3 is 2.57 bits per heavy atom. The van der Waals surface area contributed by atoms with Gasteiger partial charge in [0.1, 0.15) is 11.5 Å². The molecule has 0 aliphatic carbocycles. The summed E-state index contributed by atoms with van der Waals surface area (Å²) >= 11 is 3.59. The summed E-state index contributed by atoms with van der Waals surface area (Å²) in [5.41, 5.74) is 8.01. The van der Waals surface area contributed by atoms with Gasteiger partial charge in [0, 0.05) is 11.1 Å². The van der Waals surface area contributed by atoms with Crippen LogP contribution in [0.25, 0.3) is 5.70 Å². The van der Waals surface area contributed by atoms with E-state index in [9.17, 15) is 0 Å². The fraction of sp³-hybridized carbons (Fsp3) is 0.130. The largest absolute Gasteiger partial charge is 0.496 e. The van der Waals surface area contributed by atoms with Crippen LogP contribution < -0.4 is 14.9 Å². The van der Waals surface area contributed by atoms with E-state index in [0.717, 1.165) is 38.4 Å². The second-order valence-corrected chi connectivity index (χ2v) is 7.67. The number of hydrogen-bond donors (Lipinski definition) is 1. The molecule has 0 amide bonds. The number of rotatable bonds is 3. The standard InChI is InChI=1S/C23H19BrN2O2/c1-27-22-12-11-16(13-18(22)24)23-26-20(17-9-5-6-10-21(17)28-23)14-19(25-26)15-7-3-2-4-8-15/h2-14,20,23,25H,1H3. The number of hydrogen-bond acceptors (Lipinski definition) is 4. The number of nitrogens with zero attached hydrogens (tertiary/aromatic N) is 1. The lowest BCUT2D eigenvalue weighted by atomic mass is 10.0. The lowest BCUT2D eigenvalue weighted by Gasteiger charge is -2.39. The Bertz CT molecular complexity index is 1050. The molecule has 5 heteroatoms.